The molecule has 0 amide bonds. The topological polar surface area (TPSA) is 32.3 Å². The molecule has 100 valence electrons. The Morgan fingerprint density at radius 1 is 1.16 bits per heavy atom. The van der Waals surface area contributed by atoms with Gasteiger partial charge in [-0.3, -0.25) is 0 Å². The molecular weight excluding hydrogens is 248 g/mol. The van der Waals surface area contributed by atoms with Gasteiger partial charge in [-0.15, -0.1) is 0 Å². The van der Waals surface area contributed by atoms with Gasteiger partial charge >= 0.3 is 0 Å². The van der Waals surface area contributed by atoms with Crippen LogP contribution < -0.4 is 5.32 Å². The van der Waals surface area contributed by atoms with E-state index in [9.17, 15) is 13.9 Å². The molecule has 0 saturated carbocycles. The molecule has 1 unspecified atom stereocenters. The Labute approximate surface area is 110 Å². The van der Waals surface area contributed by atoms with Gasteiger partial charge in [-0.1, -0.05) is 18.2 Å². The second-order valence-corrected chi connectivity index (χ2v) is 4.40. The lowest BCUT2D eigenvalue weighted by atomic mass is 10.1. The van der Waals surface area contributed by atoms with Gasteiger partial charge in [0.2, 0.25) is 0 Å². The number of halogens is 2. The summed E-state index contributed by atoms with van der Waals surface area (Å²) < 4.78 is 26.6. The van der Waals surface area contributed by atoms with Crippen LogP contribution in [0.1, 0.15) is 24.1 Å². The van der Waals surface area contributed by atoms with Crippen LogP contribution in [0.4, 0.5) is 8.78 Å². The van der Waals surface area contributed by atoms with Crippen molar-refractivity contribution in [3.8, 4) is 5.75 Å². The van der Waals surface area contributed by atoms with Crippen LogP contribution in [-0.2, 0) is 6.54 Å². The van der Waals surface area contributed by atoms with E-state index in [1.807, 2.05) is 0 Å². The first kappa shape index (κ1) is 13.5. The highest BCUT2D eigenvalue weighted by molar-refractivity contribution is 5.35. The number of nitrogens with one attached hydrogen (secondary N) is 1. The Hall–Kier alpha value is -1.94. The van der Waals surface area contributed by atoms with Crippen molar-refractivity contribution in [1.82, 2.24) is 5.32 Å². The van der Waals surface area contributed by atoms with E-state index in [1.165, 1.54) is 24.3 Å². The molecule has 2 aromatic rings. The quantitative estimate of drug-likeness (QED) is 0.884. The van der Waals surface area contributed by atoms with Gasteiger partial charge in [-0.25, -0.2) is 8.78 Å². The molecule has 0 aliphatic carbocycles. The fraction of sp³-hybridized carbons (Fsp3) is 0.200. The van der Waals surface area contributed by atoms with Crippen molar-refractivity contribution < 1.29 is 13.9 Å². The van der Waals surface area contributed by atoms with Gasteiger partial charge < -0.3 is 10.4 Å². The fourth-order valence-corrected chi connectivity index (χ4v) is 1.89. The van der Waals surface area contributed by atoms with Gasteiger partial charge in [0.05, 0.1) is 0 Å². The van der Waals surface area contributed by atoms with Crippen LogP contribution in [0.2, 0.25) is 0 Å². The minimum atomic E-state index is -0.410. The highest BCUT2D eigenvalue weighted by atomic mass is 19.1. The van der Waals surface area contributed by atoms with Crippen LogP contribution in [0.3, 0.4) is 0 Å². The Morgan fingerprint density at radius 3 is 2.63 bits per heavy atom. The molecule has 0 aliphatic rings. The normalized spacial score (nSPS) is 12.4. The first-order valence-corrected chi connectivity index (χ1v) is 6.03. The second kappa shape index (κ2) is 5.80. The molecule has 2 aromatic carbocycles. The third-order valence-corrected chi connectivity index (χ3v) is 3.01. The second-order valence-electron chi connectivity index (χ2n) is 4.40. The number of hydrogen-bond acceptors (Lipinski definition) is 2. The van der Waals surface area contributed by atoms with Crippen molar-refractivity contribution >= 4 is 0 Å². The maximum absolute atomic E-state index is 13.4. The maximum Gasteiger partial charge on any atom is 0.127 e. The van der Waals surface area contributed by atoms with Crippen LogP contribution in [0.15, 0.2) is 42.5 Å². The Balaban J connectivity index is 2.07. The van der Waals surface area contributed by atoms with Gasteiger partial charge in [0.25, 0.3) is 0 Å². The minimum Gasteiger partial charge on any atom is -0.508 e. The molecule has 0 radical (unpaired) electrons. The van der Waals surface area contributed by atoms with Gasteiger partial charge in [0, 0.05) is 23.7 Å². The monoisotopic (exact) mass is 263 g/mol. The summed E-state index contributed by atoms with van der Waals surface area (Å²) in [5, 5.41) is 12.7. The molecule has 0 bridgehead atoms. The lowest BCUT2D eigenvalue weighted by Gasteiger charge is -2.16. The standard InChI is InChI=1S/C15H15F2NO/c1-10(13-8-12(16)6-7-15(13)19)18-9-11-4-2-3-5-14(11)17/h2-8,10,18-19H,9H2,1H3. The van der Waals surface area contributed by atoms with Gasteiger partial charge in [-0.05, 0) is 31.2 Å². The Morgan fingerprint density at radius 2 is 1.89 bits per heavy atom. The number of rotatable bonds is 4. The Bertz CT molecular complexity index is 572. The predicted octanol–water partition coefficient (Wildman–Crippen LogP) is 3.52. The molecule has 0 spiro atoms. The van der Waals surface area contributed by atoms with Crippen molar-refractivity contribution in [2.24, 2.45) is 0 Å². The zero-order valence-corrected chi connectivity index (χ0v) is 10.5. The van der Waals surface area contributed by atoms with E-state index in [0.29, 0.717) is 17.7 Å². The SMILES string of the molecule is CC(NCc1ccccc1F)c1cc(F)ccc1O. The van der Waals surface area contributed by atoms with Crippen LogP contribution in [0.5, 0.6) is 5.75 Å². The van der Waals surface area contributed by atoms with E-state index in [1.54, 1.807) is 25.1 Å². The maximum atomic E-state index is 13.4. The number of phenols is 1. The van der Waals surface area contributed by atoms with Crippen LogP contribution >= 0.6 is 0 Å². The van der Waals surface area contributed by atoms with Crippen molar-refractivity contribution in [2.75, 3.05) is 0 Å². The molecule has 19 heavy (non-hydrogen) atoms. The summed E-state index contributed by atoms with van der Waals surface area (Å²) in [5.41, 5.74) is 0.988. The summed E-state index contributed by atoms with van der Waals surface area (Å²) in [6.45, 7) is 2.10. The van der Waals surface area contributed by atoms with E-state index in [0.717, 1.165) is 0 Å². The molecule has 1 atom stereocenters. The minimum absolute atomic E-state index is 0.0231. The van der Waals surface area contributed by atoms with Gasteiger partial charge in [0.1, 0.15) is 17.4 Å². The highest BCUT2D eigenvalue weighted by Gasteiger charge is 2.11. The molecule has 2 nitrogen and oxygen atoms in total. The molecule has 0 aliphatic heterocycles. The van der Waals surface area contributed by atoms with Crippen molar-refractivity contribution in [3.05, 3.63) is 65.2 Å². The first-order valence-electron chi connectivity index (χ1n) is 6.03. The molecule has 0 aromatic heterocycles. The summed E-state index contributed by atoms with van der Waals surface area (Å²) in [5.74, 6) is -0.673. The molecule has 4 heteroatoms. The van der Waals surface area contributed by atoms with E-state index < -0.39 is 5.82 Å². The zero-order chi connectivity index (χ0) is 13.8. The highest BCUT2D eigenvalue weighted by Crippen LogP contribution is 2.25. The predicted molar refractivity (Wildman–Crippen MR) is 69.7 cm³/mol. The number of benzene rings is 2. The molecule has 0 saturated heterocycles. The molecular formula is C15H15F2NO. The van der Waals surface area contributed by atoms with Gasteiger partial charge in [-0.2, -0.15) is 0 Å². The summed E-state index contributed by atoms with van der Waals surface area (Å²) in [6, 6.07) is 9.95. The van der Waals surface area contributed by atoms with Crippen LogP contribution in [0, 0.1) is 11.6 Å². The molecule has 0 heterocycles. The third kappa shape index (κ3) is 3.29. The lowest BCUT2D eigenvalue weighted by Crippen LogP contribution is -2.19. The number of phenolic OH excluding ortho intramolecular Hbond substituents is 1. The van der Waals surface area contributed by atoms with E-state index in [-0.39, 0.29) is 17.6 Å². The molecule has 2 N–H and O–H groups in total. The zero-order valence-electron chi connectivity index (χ0n) is 10.5. The third-order valence-electron chi connectivity index (χ3n) is 3.01. The number of aromatic hydroxyl groups is 1. The molecule has 2 rings (SSSR count). The smallest absolute Gasteiger partial charge is 0.127 e. The largest absolute Gasteiger partial charge is 0.508 e. The molecule has 0 fully saturated rings. The summed E-state index contributed by atoms with van der Waals surface area (Å²) in [4.78, 5) is 0. The summed E-state index contributed by atoms with van der Waals surface area (Å²) in [7, 11) is 0. The lowest BCUT2D eigenvalue weighted by molar-refractivity contribution is 0.447. The average Bonchev–Trinajstić information content (AvgIpc) is 2.40. The average molecular weight is 263 g/mol. The summed E-state index contributed by atoms with van der Waals surface area (Å²) >= 11 is 0. The van der Waals surface area contributed by atoms with E-state index >= 15 is 0 Å². The van der Waals surface area contributed by atoms with Crippen LogP contribution in [-0.4, -0.2) is 5.11 Å². The fourth-order valence-electron chi connectivity index (χ4n) is 1.89. The van der Waals surface area contributed by atoms with Crippen molar-refractivity contribution in [2.45, 2.75) is 19.5 Å². The number of hydrogen-bond donors (Lipinski definition) is 2. The van der Waals surface area contributed by atoms with Crippen molar-refractivity contribution in [1.29, 1.82) is 0 Å². The van der Waals surface area contributed by atoms with Crippen LogP contribution in [0.25, 0.3) is 0 Å². The summed E-state index contributed by atoms with van der Waals surface area (Å²) in [6.07, 6.45) is 0. The first-order chi connectivity index (χ1) is 9.08. The van der Waals surface area contributed by atoms with Gasteiger partial charge in [0.15, 0.2) is 0 Å². The van der Waals surface area contributed by atoms with Crippen molar-refractivity contribution in [3.63, 3.8) is 0 Å². The van der Waals surface area contributed by atoms with E-state index in [2.05, 4.69) is 5.32 Å². The van der Waals surface area contributed by atoms with E-state index in [4.69, 9.17) is 0 Å². The Kier molecular flexibility index (Phi) is 4.12.